The first-order valence-corrected chi connectivity index (χ1v) is 6.61. The number of hydrogen-bond acceptors (Lipinski definition) is 2. The first-order chi connectivity index (χ1) is 7.83. The fourth-order valence-electron chi connectivity index (χ4n) is 2.38. The number of rotatable bonds is 2. The molecule has 1 aliphatic carbocycles. The third-order valence-corrected chi connectivity index (χ3v) is 4.24. The molecule has 0 bridgehead atoms. The summed E-state index contributed by atoms with van der Waals surface area (Å²) in [6.45, 7) is 0. The van der Waals surface area contributed by atoms with Gasteiger partial charge in [0.25, 0.3) is 0 Å². The predicted octanol–water partition coefficient (Wildman–Crippen LogP) is 3.49. The van der Waals surface area contributed by atoms with Crippen molar-refractivity contribution in [3.63, 3.8) is 0 Å². The minimum atomic E-state index is 0.292. The molecule has 1 nitrogen and oxygen atoms in total. The molecule has 82 valence electrons. The molecule has 1 unspecified atom stereocenters. The molecule has 2 N–H and O–H groups in total. The Bertz CT molecular complexity index is 538. The lowest BCUT2D eigenvalue weighted by Gasteiger charge is -2.00. The Balaban J connectivity index is 1.92. The Morgan fingerprint density at radius 2 is 2.19 bits per heavy atom. The highest BCUT2D eigenvalue weighted by atomic mass is 32.1. The quantitative estimate of drug-likeness (QED) is 0.784. The Labute approximate surface area is 99.6 Å². The molecule has 1 aromatic heterocycles. The van der Waals surface area contributed by atoms with Crippen molar-refractivity contribution < 1.29 is 0 Å². The van der Waals surface area contributed by atoms with Crippen LogP contribution in [0.5, 0.6) is 0 Å². The average molecular weight is 229 g/mol. The van der Waals surface area contributed by atoms with E-state index in [0.29, 0.717) is 6.04 Å². The maximum atomic E-state index is 5.89. The summed E-state index contributed by atoms with van der Waals surface area (Å²) >= 11 is 1.84. The Morgan fingerprint density at radius 1 is 1.31 bits per heavy atom. The zero-order chi connectivity index (χ0) is 11.0. The molecule has 1 heterocycles. The van der Waals surface area contributed by atoms with Crippen LogP contribution < -0.4 is 5.73 Å². The van der Waals surface area contributed by atoms with Gasteiger partial charge in [-0.25, -0.2) is 0 Å². The van der Waals surface area contributed by atoms with Crippen LogP contribution in [-0.2, 0) is 6.42 Å². The number of thiophene rings is 1. The largest absolute Gasteiger partial charge is 0.324 e. The highest BCUT2D eigenvalue weighted by Crippen LogP contribution is 2.29. The molecule has 16 heavy (non-hydrogen) atoms. The second-order valence-electron chi connectivity index (χ2n) is 4.46. The molecule has 2 aromatic rings. The van der Waals surface area contributed by atoms with E-state index in [-0.39, 0.29) is 0 Å². The molecule has 0 aliphatic heterocycles. The molecule has 0 radical (unpaired) electrons. The van der Waals surface area contributed by atoms with Gasteiger partial charge in [0, 0.05) is 10.7 Å². The normalized spacial score (nSPS) is 20.3. The summed E-state index contributed by atoms with van der Waals surface area (Å²) in [5, 5.41) is 3.70. The summed E-state index contributed by atoms with van der Waals surface area (Å²) in [7, 11) is 0. The van der Waals surface area contributed by atoms with E-state index in [0.717, 1.165) is 12.8 Å². The molecule has 1 aromatic carbocycles. The number of hydrogen-bond donors (Lipinski definition) is 1. The van der Waals surface area contributed by atoms with Crippen molar-refractivity contribution >= 4 is 21.4 Å². The van der Waals surface area contributed by atoms with Crippen LogP contribution in [-0.4, -0.2) is 6.04 Å². The van der Waals surface area contributed by atoms with Gasteiger partial charge in [-0.3, -0.25) is 0 Å². The summed E-state index contributed by atoms with van der Waals surface area (Å²) in [4.78, 5) is 0. The SMILES string of the molecule is NC1C=C(Cc2csc3ccccc23)CC1. The van der Waals surface area contributed by atoms with Gasteiger partial charge in [-0.15, -0.1) is 11.3 Å². The van der Waals surface area contributed by atoms with Gasteiger partial charge < -0.3 is 5.73 Å². The second-order valence-corrected chi connectivity index (χ2v) is 5.37. The highest BCUT2D eigenvalue weighted by Gasteiger charge is 2.13. The third-order valence-electron chi connectivity index (χ3n) is 3.23. The molecule has 3 rings (SSSR count). The molecule has 2 heteroatoms. The van der Waals surface area contributed by atoms with E-state index < -0.39 is 0 Å². The second kappa shape index (κ2) is 4.04. The van der Waals surface area contributed by atoms with E-state index in [1.807, 2.05) is 11.3 Å². The number of nitrogens with two attached hydrogens (primary N) is 1. The third kappa shape index (κ3) is 1.79. The van der Waals surface area contributed by atoms with Gasteiger partial charge in [0.15, 0.2) is 0 Å². The van der Waals surface area contributed by atoms with Crippen molar-refractivity contribution in [2.45, 2.75) is 25.3 Å². The Kier molecular flexibility index (Phi) is 2.54. The molecule has 0 fully saturated rings. The van der Waals surface area contributed by atoms with Crippen LogP contribution in [0, 0.1) is 0 Å². The van der Waals surface area contributed by atoms with Crippen LogP contribution in [0.2, 0.25) is 0 Å². The van der Waals surface area contributed by atoms with Gasteiger partial charge in [0.1, 0.15) is 0 Å². The van der Waals surface area contributed by atoms with Gasteiger partial charge in [0.2, 0.25) is 0 Å². The minimum Gasteiger partial charge on any atom is -0.324 e. The molecule has 0 saturated carbocycles. The van der Waals surface area contributed by atoms with E-state index in [4.69, 9.17) is 5.73 Å². The van der Waals surface area contributed by atoms with Gasteiger partial charge in [-0.2, -0.15) is 0 Å². The average Bonchev–Trinajstić information content (AvgIpc) is 2.87. The zero-order valence-electron chi connectivity index (χ0n) is 9.15. The molecular formula is C14H15NS. The standard InChI is InChI=1S/C14H15NS/c15-12-6-5-10(8-12)7-11-9-16-14-4-2-1-3-13(11)14/h1-4,8-9,12H,5-7,15H2. The van der Waals surface area contributed by atoms with Crippen LogP contribution in [0.15, 0.2) is 41.3 Å². The smallest absolute Gasteiger partial charge is 0.0345 e. The minimum absolute atomic E-state index is 0.292. The Morgan fingerprint density at radius 3 is 3.00 bits per heavy atom. The predicted molar refractivity (Wildman–Crippen MR) is 70.8 cm³/mol. The zero-order valence-corrected chi connectivity index (χ0v) is 9.96. The van der Waals surface area contributed by atoms with Crippen molar-refractivity contribution in [1.29, 1.82) is 0 Å². The molecule has 1 atom stereocenters. The topological polar surface area (TPSA) is 26.0 Å². The monoisotopic (exact) mass is 229 g/mol. The highest BCUT2D eigenvalue weighted by molar-refractivity contribution is 7.17. The molecular weight excluding hydrogens is 214 g/mol. The maximum absolute atomic E-state index is 5.89. The van der Waals surface area contributed by atoms with Crippen LogP contribution in [0.4, 0.5) is 0 Å². The Hall–Kier alpha value is -1.12. The fraction of sp³-hybridized carbons (Fsp3) is 0.286. The van der Waals surface area contributed by atoms with Crippen LogP contribution in [0.3, 0.4) is 0 Å². The maximum Gasteiger partial charge on any atom is 0.0345 e. The van der Waals surface area contributed by atoms with Gasteiger partial charge in [-0.1, -0.05) is 29.8 Å². The van der Waals surface area contributed by atoms with Gasteiger partial charge >= 0.3 is 0 Å². The van der Waals surface area contributed by atoms with Crippen LogP contribution in [0.1, 0.15) is 18.4 Å². The number of fused-ring (bicyclic) bond motifs is 1. The number of allylic oxidation sites excluding steroid dienone is 1. The summed E-state index contributed by atoms with van der Waals surface area (Å²) < 4.78 is 1.39. The molecule has 0 saturated heterocycles. The van der Waals surface area contributed by atoms with Crippen molar-refractivity contribution in [3.05, 3.63) is 46.9 Å². The number of benzene rings is 1. The van der Waals surface area contributed by atoms with Crippen molar-refractivity contribution in [2.24, 2.45) is 5.73 Å². The summed E-state index contributed by atoms with van der Waals surface area (Å²) in [6.07, 6.45) is 5.62. The summed E-state index contributed by atoms with van der Waals surface area (Å²) in [5.74, 6) is 0. The lowest BCUT2D eigenvalue weighted by Crippen LogP contribution is -2.11. The first-order valence-electron chi connectivity index (χ1n) is 5.73. The first kappa shape index (κ1) is 10.1. The van der Waals surface area contributed by atoms with E-state index in [2.05, 4.69) is 35.7 Å². The molecule has 0 amide bonds. The van der Waals surface area contributed by atoms with Crippen LogP contribution in [0.25, 0.3) is 10.1 Å². The summed E-state index contributed by atoms with van der Waals surface area (Å²) in [5.41, 5.74) is 8.86. The fourth-order valence-corrected chi connectivity index (χ4v) is 3.35. The van der Waals surface area contributed by atoms with E-state index in [1.54, 1.807) is 0 Å². The molecule has 1 aliphatic rings. The van der Waals surface area contributed by atoms with E-state index in [1.165, 1.54) is 27.6 Å². The van der Waals surface area contributed by atoms with E-state index >= 15 is 0 Å². The van der Waals surface area contributed by atoms with Crippen molar-refractivity contribution in [1.82, 2.24) is 0 Å². The lowest BCUT2D eigenvalue weighted by molar-refractivity contribution is 0.770. The van der Waals surface area contributed by atoms with Gasteiger partial charge in [-0.05, 0) is 41.7 Å². The van der Waals surface area contributed by atoms with Crippen molar-refractivity contribution in [2.75, 3.05) is 0 Å². The van der Waals surface area contributed by atoms with E-state index in [9.17, 15) is 0 Å². The van der Waals surface area contributed by atoms with Crippen molar-refractivity contribution in [3.8, 4) is 0 Å². The summed E-state index contributed by atoms with van der Waals surface area (Å²) in [6, 6.07) is 8.93. The van der Waals surface area contributed by atoms with Gasteiger partial charge in [0.05, 0.1) is 0 Å². The molecule has 0 spiro atoms. The lowest BCUT2D eigenvalue weighted by atomic mass is 10.0. The van der Waals surface area contributed by atoms with Crippen LogP contribution >= 0.6 is 11.3 Å².